The predicted molar refractivity (Wildman–Crippen MR) is 115 cm³/mol. The molecule has 144 valence electrons. The lowest BCUT2D eigenvalue weighted by molar-refractivity contribution is 0.0980. The Labute approximate surface area is 172 Å². The summed E-state index contributed by atoms with van der Waals surface area (Å²) in [7, 11) is 0. The minimum Gasteiger partial charge on any atom is -0.353 e. The van der Waals surface area contributed by atoms with Gasteiger partial charge in [-0.3, -0.25) is 19.6 Å². The van der Waals surface area contributed by atoms with E-state index >= 15 is 0 Å². The third-order valence-corrected chi connectivity index (χ3v) is 4.96. The number of carbonyl (C=O) groups excluding carboxylic acids is 2. The van der Waals surface area contributed by atoms with Crippen LogP contribution >= 0.6 is 0 Å². The number of rotatable bonds is 4. The van der Waals surface area contributed by atoms with Crippen molar-refractivity contribution in [3.8, 4) is 0 Å². The maximum atomic E-state index is 13.4. The Kier molecular flexibility index (Phi) is 4.29. The highest BCUT2D eigenvalue weighted by Crippen LogP contribution is 2.39. The summed E-state index contributed by atoms with van der Waals surface area (Å²) in [5, 5.41) is 6.58. The molecule has 2 aromatic heterocycles. The van der Waals surface area contributed by atoms with Gasteiger partial charge in [0.05, 0.1) is 40.7 Å². The first-order valence-electron chi connectivity index (χ1n) is 9.42. The highest BCUT2D eigenvalue weighted by atomic mass is 16.1. The van der Waals surface area contributed by atoms with E-state index in [2.05, 4.69) is 20.6 Å². The number of anilines is 4. The van der Waals surface area contributed by atoms with E-state index in [4.69, 9.17) is 0 Å². The summed E-state index contributed by atoms with van der Waals surface area (Å²) in [5.74, 6) is -0.358. The van der Waals surface area contributed by atoms with Crippen molar-refractivity contribution < 1.29 is 9.59 Å². The Morgan fingerprint density at radius 3 is 1.87 bits per heavy atom. The summed E-state index contributed by atoms with van der Waals surface area (Å²) in [5.41, 5.74) is 4.21. The number of ketones is 2. The van der Waals surface area contributed by atoms with E-state index in [1.165, 1.54) is 0 Å². The predicted octanol–water partition coefficient (Wildman–Crippen LogP) is 4.74. The van der Waals surface area contributed by atoms with E-state index in [0.29, 0.717) is 39.3 Å². The van der Waals surface area contributed by atoms with Gasteiger partial charge in [0.2, 0.25) is 0 Å². The van der Waals surface area contributed by atoms with E-state index in [1.54, 1.807) is 67.3 Å². The molecule has 0 aliphatic heterocycles. The zero-order chi connectivity index (χ0) is 20.5. The van der Waals surface area contributed by atoms with Gasteiger partial charge in [-0.2, -0.15) is 0 Å². The molecule has 0 amide bonds. The van der Waals surface area contributed by atoms with Gasteiger partial charge in [-0.15, -0.1) is 0 Å². The Balaban J connectivity index is 1.70. The molecule has 0 atom stereocenters. The van der Waals surface area contributed by atoms with Crippen LogP contribution in [0, 0.1) is 0 Å². The number of benzene rings is 2. The van der Waals surface area contributed by atoms with Gasteiger partial charge in [0.25, 0.3) is 0 Å². The standard InChI is InChI=1S/C24H16N4O2/c29-23-17-7-1-2-8-18(17)24(30)21-19(23)9-10-20(27-15-5-3-11-25-13-15)22(21)28-16-6-4-12-26-14-16/h1-14,27-28H. The van der Waals surface area contributed by atoms with Crippen LogP contribution in [0.25, 0.3) is 0 Å². The molecule has 0 radical (unpaired) electrons. The zero-order valence-electron chi connectivity index (χ0n) is 15.8. The molecule has 30 heavy (non-hydrogen) atoms. The third kappa shape index (κ3) is 3.00. The molecular weight excluding hydrogens is 376 g/mol. The quantitative estimate of drug-likeness (QED) is 0.460. The van der Waals surface area contributed by atoms with Gasteiger partial charge < -0.3 is 10.6 Å². The Morgan fingerprint density at radius 2 is 1.23 bits per heavy atom. The normalized spacial score (nSPS) is 12.1. The van der Waals surface area contributed by atoms with Crippen LogP contribution in [0.1, 0.15) is 31.8 Å². The fourth-order valence-corrected chi connectivity index (χ4v) is 3.59. The number of nitrogens with zero attached hydrogens (tertiary/aromatic N) is 2. The van der Waals surface area contributed by atoms with Gasteiger partial charge in [-0.25, -0.2) is 0 Å². The lowest BCUT2D eigenvalue weighted by Gasteiger charge is -2.23. The highest BCUT2D eigenvalue weighted by molar-refractivity contribution is 6.31. The number of carbonyl (C=O) groups is 2. The first-order chi connectivity index (χ1) is 14.7. The first-order valence-corrected chi connectivity index (χ1v) is 9.42. The Bertz CT molecular complexity index is 1270. The van der Waals surface area contributed by atoms with Crippen LogP contribution in [0.4, 0.5) is 22.7 Å². The van der Waals surface area contributed by atoms with Crippen LogP contribution in [0.3, 0.4) is 0 Å². The molecule has 0 saturated heterocycles. The van der Waals surface area contributed by atoms with E-state index in [-0.39, 0.29) is 11.6 Å². The number of hydrogen-bond acceptors (Lipinski definition) is 6. The second-order valence-corrected chi connectivity index (χ2v) is 6.85. The molecule has 2 N–H and O–H groups in total. The summed E-state index contributed by atoms with van der Waals surface area (Å²) in [6.07, 6.45) is 6.71. The monoisotopic (exact) mass is 392 g/mol. The van der Waals surface area contributed by atoms with E-state index < -0.39 is 0 Å². The van der Waals surface area contributed by atoms with Gasteiger partial charge in [-0.05, 0) is 36.4 Å². The SMILES string of the molecule is O=C1c2ccccc2C(=O)c2c1ccc(Nc1cccnc1)c2Nc1cccnc1. The van der Waals surface area contributed by atoms with Crippen molar-refractivity contribution in [2.75, 3.05) is 10.6 Å². The molecule has 2 aromatic carbocycles. The van der Waals surface area contributed by atoms with Crippen LogP contribution in [-0.2, 0) is 0 Å². The Hall–Kier alpha value is -4.32. The largest absolute Gasteiger partial charge is 0.353 e. The number of fused-ring (bicyclic) bond motifs is 2. The smallest absolute Gasteiger partial charge is 0.196 e. The fraction of sp³-hybridized carbons (Fsp3) is 0. The number of nitrogens with one attached hydrogen (secondary N) is 2. The van der Waals surface area contributed by atoms with Gasteiger partial charge >= 0.3 is 0 Å². The van der Waals surface area contributed by atoms with Crippen molar-refractivity contribution in [2.24, 2.45) is 0 Å². The lowest BCUT2D eigenvalue weighted by atomic mass is 9.82. The van der Waals surface area contributed by atoms with Crippen molar-refractivity contribution in [1.29, 1.82) is 0 Å². The molecule has 4 aromatic rings. The average Bonchev–Trinajstić information content (AvgIpc) is 2.80. The van der Waals surface area contributed by atoms with Crippen molar-refractivity contribution >= 4 is 34.3 Å². The van der Waals surface area contributed by atoms with E-state index in [9.17, 15) is 9.59 Å². The van der Waals surface area contributed by atoms with Crippen LogP contribution < -0.4 is 10.6 Å². The van der Waals surface area contributed by atoms with Crippen molar-refractivity contribution in [1.82, 2.24) is 9.97 Å². The molecule has 1 aliphatic carbocycles. The summed E-state index contributed by atoms with van der Waals surface area (Å²) in [6, 6.07) is 17.7. The van der Waals surface area contributed by atoms with Crippen molar-refractivity contribution in [3.05, 3.63) is 108 Å². The first kappa shape index (κ1) is 17.8. The molecule has 0 fully saturated rings. The van der Waals surface area contributed by atoms with Crippen molar-refractivity contribution in [2.45, 2.75) is 0 Å². The molecule has 5 rings (SSSR count). The molecule has 0 bridgehead atoms. The van der Waals surface area contributed by atoms with Gasteiger partial charge in [0.15, 0.2) is 11.6 Å². The number of aromatic nitrogens is 2. The molecular formula is C24H16N4O2. The maximum absolute atomic E-state index is 13.4. The summed E-state index contributed by atoms with van der Waals surface area (Å²) in [6.45, 7) is 0. The number of hydrogen-bond donors (Lipinski definition) is 2. The summed E-state index contributed by atoms with van der Waals surface area (Å²) in [4.78, 5) is 34.8. The van der Waals surface area contributed by atoms with Crippen LogP contribution in [0.5, 0.6) is 0 Å². The van der Waals surface area contributed by atoms with E-state index in [0.717, 1.165) is 5.69 Å². The molecule has 0 spiro atoms. The minimum atomic E-state index is -0.193. The Morgan fingerprint density at radius 1 is 0.600 bits per heavy atom. The number of pyridine rings is 2. The molecule has 1 aliphatic rings. The third-order valence-electron chi connectivity index (χ3n) is 4.96. The van der Waals surface area contributed by atoms with Crippen molar-refractivity contribution in [3.63, 3.8) is 0 Å². The van der Waals surface area contributed by atoms with Crippen LogP contribution in [0.15, 0.2) is 85.5 Å². The second-order valence-electron chi connectivity index (χ2n) is 6.85. The van der Waals surface area contributed by atoms with Crippen LogP contribution in [0.2, 0.25) is 0 Å². The highest BCUT2D eigenvalue weighted by Gasteiger charge is 2.32. The van der Waals surface area contributed by atoms with Gasteiger partial charge in [0.1, 0.15) is 0 Å². The van der Waals surface area contributed by atoms with Crippen LogP contribution in [-0.4, -0.2) is 21.5 Å². The molecule has 6 nitrogen and oxygen atoms in total. The summed E-state index contributed by atoms with van der Waals surface area (Å²) >= 11 is 0. The fourth-order valence-electron chi connectivity index (χ4n) is 3.59. The molecule has 0 unspecified atom stereocenters. The second kappa shape index (κ2) is 7.25. The van der Waals surface area contributed by atoms with Gasteiger partial charge in [0, 0.05) is 29.1 Å². The summed E-state index contributed by atoms with van der Waals surface area (Å²) < 4.78 is 0. The molecule has 6 heteroatoms. The van der Waals surface area contributed by atoms with Gasteiger partial charge in [-0.1, -0.05) is 24.3 Å². The minimum absolute atomic E-state index is 0.164. The topological polar surface area (TPSA) is 84.0 Å². The van der Waals surface area contributed by atoms with E-state index in [1.807, 2.05) is 18.2 Å². The zero-order valence-corrected chi connectivity index (χ0v) is 15.8. The maximum Gasteiger partial charge on any atom is 0.196 e. The lowest BCUT2D eigenvalue weighted by Crippen LogP contribution is -2.22. The average molecular weight is 392 g/mol. The molecule has 2 heterocycles. The molecule has 0 saturated carbocycles.